The number of rotatable bonds is 7. The van der Waals surface area contributed by atoms with Crippen LogP contribution in [0.1, 0.15) is 51.7 Å². The van der Waals surface area contributed by atoms with Crippen LogP contribution >= 0.6 is 24.0 Å². The van der Waals surface area contributed by atoms with E-state index in [0.29, 0.717) is 18.2 Å². The minimum Gasteiger partial charge on any atom is -0.357 e. The molecule has 0 amide bonds. The van der Waals surface area contributed by atoms with Gasteiger partial charge in [-0.05, 0) is 40.2 Å². The normalized spacial score (nSPS) is 14.4. The third kappa shape index (κ3) is 9.58. The van der Waals surface area contributed by atoms with Gasteiger partial charge in [0.25, 0.3) is 0 Å². The first kappa shape index (κ1) is 24.4. The van der Waals surface area contributed by atoms with Crippen molar-refractivity contribution in [3.05, 3.63) is 35.4 Å². The zero-order valence-electron chi connectivity index (χ0n) is 16.4. The number of benzene rings is 1. The molecule has 0 aromatic heterocycles. The highest BCUT2D eigenvalue weighted by Gasteiger charge is 2.18. The van der Waals surface area contributed by atoms with Crippen molar-refractivity contribution in [2.45, 2.75) is 52.2 Å². The number of nitrogens with one attached hydrogen (secondary N) is 2. The fourth-order valence-electron chi connectivity index (χ4n) is 2.14. The number of nitrogens with zero attached hydrogens (tertiary/aromatic N) is 1. The van der Waals surface area contributed by atoms with Crippen molar-refractivity contribution in [2.24, 2.45) is 4.99 Å². The van der Waals surface area contributed by atoms with Crippen molar-refractivity contribution >= 4 is 40.7 Å². The molecule has 4 nitrogen and oxygen atoms in total. The van der Waals surface area contributed by atoms with Gasteiger partial charge < -0.3 is 10.6 Å². The molecule has 0 saturated carbocycles. The van der Waals surface area contributed by atoms with E-state index in [2.05, 4.69) is 53.7 Å². The molecule has 0 fully saturated rings. The van der Waals surface area contributed by atoms with Crippen LogP contribution in [0.15, 0.2) is 29.3 Å². The standard InChI is InChI=1S/C19H33N3OS.HI/c1-7-20-18(21-12-13-24(23)19(4,5)6)22-14-16(3)17-10-8-15(2)9-11-17;/h8-11,16H,7,12-14H2,1-6H3,(H2,20,21,22);1H. The molecule has 6 heteroatoms. The molecule has 2 unspecified atom stereocenters. The van der Waals surface area contributed by atoms with E-state index in [1.807, 2.05) is 27.7 Å². The number of hydrogen-bond donors (Lipinski definition) is 2. The first-order valence-electron chi connectivity index (χ1n) is 8.71. The maximum atomic E-state index is 12.1. The van der Waals surface area contributed by atoms with Gasteiger partial charge in [0.1, 0.15) is 0 Å². The van der Waals surface area contributed by atoms with Gasteiger partial charge in [-0.3, -0.25) is 9.20 Å². The highest BCUT2D eigenvalue weighted by molar-refractivity contribution is 14.0. The Balaban J connectivity index is 0.00000576. The van der Waals surface area contributed by atoms with E-state index >= 15 is 0 Å². The van der Waals surface area contributed by atoms with Crippen molar-refractivity contribution in [2.75, 3.05) is 25.4 Å². The molecule has 0 aliphatic heterocycles. The Morgan fingerprint density at radius 2 is 1.80 bits per heavy atom. The lowest BCUT2D eigenvalue weighted by molar-refractivity contribution is 0.647. The van der Waals surface area contributed by atoms with Gasteiger partial charge in [-0.2, -0.15) is 0 Å². The lowest BCUT2D eigenvalue weighted by Crippen LogP contribution is -2.40. The van der Waals surface area contributed by atoms with E-state index in [1.54, 1.807) is 0 Å². The van der Waals surface area contributed by atoms with Crippen molar-refractivity contribution in [1.82, 2.24) is 10.6 Å². The average Bonchev–Trinajstić information content (AvgIpc) is 2.51. The quantitative estimate of drug-likeness (QED) is 0.355. The molecule has 0 spiro atoms. The Labute approximate surface area is 173 Å². The highest BCUT2D eigenvalue weighted by atomic mass is 127. The summed E-state index contributed by atoms with van der Waals surface area (Å²) < 4.78 is 11.9. The molecule has 0 heterocycles. The Hall–Kier alpha value is -0.630. The van der Waals surface area contributed by atoms with Crippen molar-refractivity contribution in [3.8, 4) is 0 Å². The highest BCUT2D eigenvalue weighted by Crippen LogP contribution is 2.16. The molecule has 0 aliphatic carbocycles. The van der Waals surface area contributed by atoms with Crippen LogP contribution in [-0.4, -0.2) is 40.3 Å². The van der Waals surface area contributed by atoms with E-state index in [0.717, 1.165) is 19.0 Å². The third-order valence-electron chi connectivity index (χ3n) is 3.78. The Morgan fingerprint density at radius 1 is 1.20 bits per heavy atom. The summed E-state index contributed by atoms with van der Waals surface area (Å²) in [5, 5.41) is 6.54. The van der Waals surface area contributed by atoms with Gasteiger partial charge in [-0.1, -0.05) is 36.8 Å². The monoisotopic (exact) mass is 479 g/mol. The molecular formula is C19H34IN3OS. The third-order valence-corrected chi connectivity index (χ3v) is 5.72. The number of halogens is 1. The van der Waals surface area contributed by atoms with Crippen LogP contribution < -0.4 is 10.6 Å². The van der Waals surface area contributed by atoms with E-state index in [-0.39, 0.29) is 28.7 Å². The van der Waals surface area contributed by atoms with Crippen LogP contribution in [-0.2, 0) is 10.8 Å². The maximum Gasteiger partial charge on any atom is 0.191 e. The minimum atomic E-state index is -0.848. The lowest BCUT2D eigenvalue weighted by Gasteiger charge is -2.18. The SMILES string of the molecule is CCNC(=NCC(C)c1ccc(C)cc1)NCCS(=O)C(C)(C)C.I. The zero-order chi connectivity index (χ0) is 18.2. The van der Waals surface area contributed by atoms with Gasteiger partial charge in [-0.15, -0.1) is 24.0 Å². The van der Waals surface area contributed by atoms with E-state index in [4.69, 9.17) is 0 Å². The molecule has 0 radical (unpaired) electrons. The molecule has 0 saturated heterocycles. The predicted octanol–water partition coefficient (Wildman–Crippen LogP) is 3.82. The molecule has 0 aliphatic rings. The summed E-state index contributed by atoms with van der Waals surface area (Å²) in [7, 11) is -0.848. The molecule has 1 aromatic rings. The molecular weight excluding hydrogens is 445 g/mol. The van der Waals surface area contributed by atoms with Crippen LogP contribution in [0.25, 0.3) is 0 Å². The second kappa shape index (κ2) is 11.9. The van der Waals surface area contributed by atoms with Gasteiger partial charge in [-0.25, -0.2) is 0 Å². The van der Waals surface area contributed by atoms with Crippen LogP contribution in [0.4, 0.5) is 0 Å². The van der Waals surface area contributed by atoms with E-state index < -0.39 is 10.8 Å². The van der Waals surface area contributed by atoms with Gasteiger partial charge in [0, 0.05) is 46.9 Å². The fourth-order valence-corrected chi connectivity index (χ4v) is 3.04. The van der Waals surface area contributed by atoms with Crippen molar-refractivity contribution in [1.29, 1.82) is 0 Å². The Morgan fingerprint density at radius 3 is 2.32 bits per heavy atom. The summed E-state index contributed by atoms with van der Waals surface area (Å²) in [4.78, 5) is 4.67. The Kier molecular flexibility index (Phi) is 11.6. The molecule has 2 atom stereocenters. The second-order valence-corrected chi connectivity index (χ2v) is 9.44. The van der Waals surface area contributed by atoms with E-state index in [1.165, 1.54) is 11.1 Å². The molecule has 144 valence electrons. The summed E-state index contributed by atoms with van der Waals surface area (Å²) >= 11 is 0. The minimum absolute atomic E-state index is 0. The first-order valence-corrected chi connectivity index (χ1v) is 10.0. The zero-order valence-corrected chi connectivity index (χ0v) is 19.5. The number of hydrogen-bond acceptors (Lipinski definition) is 2. The first-order chi connectivity index (χ1) is 11.2. The summed E-state index contributed by atoms with van der Waals surface area (Å²) in [6, 6.07) is 8.62. The van der Waals surface area contributed by atoms with Crippen LogP contribution in [0, 0.1) is 6.92 Å². The molecule has 1 aromatic carbocycles. The van der Waals surface area contributed by atoms with Gasteiger partial charge >= 0.3 is 0 Å². The van der Waals surface area contributed by atoms with E-state index in [9.17, 15) is 4.21 Å². The number of aliphatic imine (C=N–C) groups is 1. The summed E-state index contributed by atoms with van der Waals surface area (Å²) in [6.07, 6.45) is 0. The van der Waals surface area contributed by atoms with Gasteiger partial charge in [0.15, 0.2) is 5.96 Å². The molecule has 1 rings (SSSR count). The summed E-state index contributed by atoms with van der Waals surface area (Å²) in [5.41, 5.74) is 2.57. The molecule has 2 N–H and O–H groups in total. The van der Waals surface area contributed by atoms with Gasteiger partial charge in [0.05, 0.1) is 0 Å². The molecule has 25 heavy (non-hydrogen) atoms. The van der Waals surface area contributed by atoms with Crippen LogP contribution in [0.5, 0.6) is 0 Å². The number of guanidine groups is 1. The average molecular weight is 479 g/mol. The second-order valence-electron chi connectivity index (χ2n) is 7.12. The topological polar surface area (TPSA) is 53.5 Å². The Bertz CT molecular complexity index is 553. The maximum absolute atomic E-state index is 12.1. The smallest absolute Gasteiger partial charge is 0.191 e. The molecule has 0 bridgehead atoms. The largest absolute Gasteiger partial charge is 0.357 e. The fraction of sp³-hybridized carbons (Fsp3) is 0.632. The van der Waals surface area contributed by atoms with Gasteiger partial charge in [0.2, 0.25) is 0 Å². The van der Waals surface area contributed by atoms with Crippen LogP contribution in [0.2, 0.25) is 0 Å². The predicted molar refractivity (Wildman–Crippen MR) is 122 cm³/mol. The van der Waals surface area contributed by atoms with Crippen molar-refractivity contribution in [3.63, 3.8) is 0 Å². The number of aryl methyl sites for hydroxylation is 1. The summed E-state index contributed by atoms with van der Waals surface area (Å²) in [5.74, 6) is 1.79. The summed E-state index contributed by atoms with van der Waals surface area (Å²) in [6.45, 7) is 14.5. The van der Waals surface area contributed by atoms with Crippen LogP contribution in [0.3, 0.4) is 0 Å². The lowest BCUT2D eigenvalue weighted by atomic mass is 10.0. The van der Waals surface area contributed by atoms with Crippen molar-refractivity contribution < 1.29 is 4.21 Å².